The number of aromatic nitrogens is 2. The first-order valence-corrected chi connectivity index (χ1v) is 3.74. The van der Waals surface area contributed by atoms with Gasteiger partial charge in [0.1, 0.15) is 7.85 Å². The number of hydrogen-bond acceptors (Lipinski definition) is 2. The van der Waals surface area contributed by atoms with Crippen LogP contribution in [0, 0.1) is 6.92 Å². The summed E-state index contributed by atoms with van der Waals surface area (Å²) in [6, 6.07) is 5.53. The first-order valence-electron chi connectivity index (χ1n) is 3.74. The number of fused-ring (bicyclic) bond motifs is 1. The zero-order valence-corrected chi connectivity index (χ0v) is 6.78. The molecule has 0 aliphatic heterocycles. The van der Waals surface area contributed by atoms with Crippen LogP contribution in [0.3, 0.4) is 0 Å². The van der Waals surface area contributed by atoms with Crippen LogP contribution < -0.4 is 5.46 Å². The summed E-state index contributed by atoms with van der Waals surface area (Å²) in [7, 11) is 5.59. The van der Waals surface area contributed by atoms with Crippen molar-refractivity contribution in [3.05, 3.63) is 30.1 Å². The molecule has 1 aromatic carbocycles. The SMILES string of the molecule is [B]c1ccc2nc(C)cnc2c1. The minimum Gasteiger partial charge on any atom is -0.253 e. The lowest BCUT2D eigenvalue weighted by Crippen LogP contribution is -2.01. The highest BCUT2D eigenvalue weighted by Crippen LogP contribution is 2.05. The molecule has 1 aromatic heterocycles. The second-order valence-electron chi connectivity index (χ2n) is 2.76. The highest BCUT2D eigenvalue weighted by atomic mass is 14.8. The summed E-state index contributed by atoms with van der Waals surface area (Å²) >= 11 is 0. The monoisotopic (exact) mass is 154 g/mol. The fourth-order valence-corrected chi connectivity index (χ4v) is 1.12. The highest BCUT2D eigenvalue weighted by molar-refractivity contribution is 6.33. The molecule has 2 rings (SSSR count). The third-order valence-corrected chi connectivity index (χ3v) is 1.69. The molecule has 0 N–H and O–H groups in total. The Hall–Kier alpha value is -1.38. The van der Waals surface area contributed by atoms with Gasteiger partial charge in [-0.2, -0.15) is 0 Å². The van der Waals surface area contributed by atoms with E-state index in [4.69, 9.17) is 7.85 Å². The van der Waals surface area contributed by atoms with Gasteiger partial charge < -0.3 is 0 Å². The molecule has 0 fully saturated rings. The normalized spacial score (nSPS) is 10.4. The molecule has 2 nitrogen and oxygen atoms in total. The smallest absolute Gasteiger partial charge is 0.113 e. The average Bonchev–Trinajstić information content (AvgIpc) is 2.05. The fraction of sp³-hybridized carbons (Fsp3) is 0.111. The molecule has 0 saturated carbocycles. The maximum atomic E-state index is 5.59. The minimum absolute atomic E-state index is 0.723. The Labute approximate surface area is 72.1 Å². The summed E-state index contributed by atoms with van der Waals surface area (Å²) in [5, 5.41) is 0. The maximum Gasteiger partial charge on any atom is 0.113 e. The van der Waals surface area contributed by atoms with Crippen molar-refractivity contribution in [2.45, 2.75) is 6.92 Å². The Morgan fingerprint density at radius 1 is 1.25 bits per heavy atom. The second kappa shape index (κ2) is 2.59. The first-order chi connectivity index (χ1) is 5.75. The number of rotatable bonds is 0. The van der Waals surface area contributed by atoms with Crippen molar-refractivity contribution < 1.29 is 0 Å². The zero-order chi connectivity index (χ0) is 8.55. The standard InChI is InChI=1S/C9H7BN2/c1-6-5-11-9-4-7(10)2-3-8(9)12-6/h2-5H,1H3. The molecule has 3 heteroatoms. The van der Waals surface area contributed by atoms with Crippen LogP contribution >= 0.6 is 0 Å². The van der Waals surface area contributed by atoms with Gasteiger partial charge in [0, 0.05) is 6.20 Å². The zero-order valence-electron chi connectivity index (χ0n) is 6.78. The Bertz CT molecular complexity index is 385. The Morgan fingerprint density at radius 3 is 2.92 bits per heavy atom. The molecular weight excluding hydrogens is 147 g/mol. The van der Waals surface area contributed by atoms with E-state index in [-0.39, 0.29) is 0 Å². The summed E-state index contributed by atoms with van der Waals surface area (Å²) < 4.78 is 0. The predicted molar refractivity (Wildman–Crippen MR) is 49.7 cm³/mol. The van der Waals surface area contributed by atoms with Gasteiger partial charge >= 0.3 is 0 Å². The molecular formula is C9H7BN2. The number of aryl methyl sites for hydroxylation is 1. The van der Waals surface area contributed by atoms with Gasteiger partial charge in [0.2, 0.25) is 0 Å². The number of nitrogens with zero attached hydrogens (tertiary/aromatic N) is 2. The van der Waals surface area contributed by atoms with E-state index in [9.17, 15) is 0 Å². The van der Waals surface area contributed by atoms with Gasteiger partial charge in [-0.25, -0.2) is 4.98 Å². The molecule has 0 spiro atoms. The van der Waals surface area contributed by atoms with E-state index in [0.717, 1.165) is 22.2 Å². The van der Waals surface area contributed by atoms with Crippen LogP contribution in [0.2, 0.25) is 0 Å². The molecule has 0 unspecified atom stereocenters. The van der Waals surface area contributed by atoms with E-state index in [1.54, 1.807) is 6.20 Å². The van der Waals surface area contributed by atoms with Crippen LogP contribution in [0.15, 0.2) is 24.4 Å². The van der Waals surface area contributed by atoms with Gasteiger partial charge in [-0.05, 0) is 19.1 Å². The highest BCUT2D eigenvalue weighted by Gasteiger charge is 1.95. The van der Waals surface area contributed by atoms with Crippen molar-refractivity contribution in [3.63, 3.8) is 0 Å². The van der Waals surface area contributed by atoms with E-state index in [0.29, 0.717) is 0 Å². The van der Waals surface area contributed by atoms with Gasteiger partial charge in [-0.3, -0.25) is 4.98 Å². The van der Waals surface area contributed by atoms with E-state index in [1.807, 2.05) is 25.1 Å². The van der Waals surface area contributed by atoms with Crippen LogP contribution in [0.4, 0.5) is 0 Å². The lowest BCUT2D eigenvalue weighted by molar-refractivity contribution is 1.19. The second-order valence-corrected chi connectivity index (χ2v) is 2.76. The van der Waals surface area contributed by atoms with Crippen LogP contribution in [-0.4, -0.2) is 17.8 Å². The maximum absolute atomic E-state index is 5.59. The fourth-order valence-electron chi connectivity index (χ4n) is 1.12. The van der Waals surface area contributed by atoms with Gasteiger partial charge in [0.05, 0.1) is 16.7 Å². The van der Waals surface area contributed by atoms with E-state index in [2.05, 4.69) is 9.97 Å². The van der Waals surface area contributed by atoms with Gasteiger partial charge in [0.25, 0.3) is 0 Å². The first kappa shape index (κ1) is 7.28. The summed E-state index contributed by atoms with van der Waals surface area (Å²) in [6.07, 6.45) is 1.74. The third-order valence-electron chi connectivity index (χ3n) is 1.69. The summed E-state index contributed by atoms with van der Waals surface area (Å²) in [4.78, 5) is 8.50. The molecule has 2 radical (unpaired) electrons. The van der Waals surface area contributed by atoms with Crippen molar-refractivity contribution in [2.24, 2.45) is 0 Å². The molecule has 0 aliphatic carbocycles. The van der Waals surface area contributed by atoms with Crippen LogP contribution in [0.25, 0.3) is 11.0 Å². The number of hydrogen-bond donors (Lipinski definition) is 0. The topological polar surface area (TPSA) is 25.8 Å². The Kier molecular flexibility index (Phi) is 1.57. The van der Waals surface area contributed by atoms with Crippen LogP contribution in [-0.2, 0) is 0 Å². The molecule has 56 valence electrons. The van der Waals surface area contributed by atoms with Crippen molar-refractivity contribution in [3.8, 4) is 0 Å². The molecule has 2 aromatic rings. The lowest BCUT2D eigenvalue weighted by atomic mass is 9.96. The molecule has 0 amide bonds. The summed E-state index contributed by atoms with van der Waals surface area (Å²) in [6.45, 7) is 1.92. The molecule has 0 atom stereocenters. The molecule has 1 heterocycles. The van der Waals surface area contributed by atoms with Crippen molar-refractivity contribution in [1.82, 2.24) is 9.97 Å². The third kappa shape index (κ3) is 1.18. The van der Waals surface area contributed by atoms with E-state index < -0.39 is 0 Å². The largest absolute Gasteiger partial charge is 0.253 e. The molecule has 12 heavy (non-hydrogen) atoms. The molecule has 0 bridgehead atoms. The predicted octanol–water partition coefficient (Wildman–Crippen LogP) is 0.732. The lowest BCUT2D eigenvalue weighted by Gasteiger charge is -1.98. The summed E-state index contributed by atoms with van der Waals surface area (Å²) in [5.74, 6) is 0. The number of benzene rings is 1. The van der Waals surface area contributed by atoms with Crippen LogP contribution in [0.5, 0.6) is 0 Å². The Morgan fingerprint density at radius 2 is 2.08 bits per heavy atom. The van der Waals surface area contributed by atoms with Gasteiger partial charge in [-0.15, -0.1) is 0 Å². The van der Waals surface area contributed by atoms with Crippen molar-refractivity contribution in [2.75, 3.05) is 0 Å². The van der Waals surface area contributed by atoms with Crippen molar-refractivity contribution in [1.29, 1.82) is 0 Å². The van der Waals surface area contributed by atoms with E-state index >= 15 is 0 Å². The molecule has 0 saturated heterocycles. The van der Waals surface area contributed by atoms with Gasteiger partial charge in [0.15, 0.2) is 0 Å². The quantitative estimate of drug-likeness (QED) is 0.522. The average molecular weight is 154 g/mol. The summed E-state index contributed by atoms with van der Waals surface area (Å²) in [5.41, 5.74) is 3.39. The molecule has 0 aliphatic rings. The minimum atomic E-state index is 0.723. The van der Waals surface area contributed by atoms with Crippen molar-refractivity contribution >= 4 is 24.3 Å². The Balaban J connectivity index is 2.79. The van der Waals surface area contributed by atoms with Gasteiger partial charge in [-0.1, -0.05) is 11.5 Å². The van der Waals surface area contributed by atoms with Crippen LogP contribution in [0.1, 0.15) is 5.69 Å². The van der Waals surface area contributed by atoms with E-state index in [1.165, 1.54) is 0 Å².